The molecule has 0 radical (unpaired) electrons. The van der Waals surface area contributed by atoms with E-state index in [2.05, 4.69) is 43.3 Å². The van der Waals surface area contributed by atoms with E-state index in [1.54, 1.807) is 0 Å². The molecule has 0 rings (SSSR count). The highest BCUT2D eigenvalue weighted by Crippen LogP contribution is 1.86. The van der Waals surface area contributed by atoms with Crippen molar-refractivity contribution < 1.29 is 0 Å². The van der Waals surface area contributed by atoms with Crippen LogP contribution in [0.3, 0.4) is 0 Å². The Morgan fingerprint density at radius 2 is 1.42 bits per heavy atom. The first kappa shape index (κ1) is 11.3. The number of rotatable bonds is 5. The van der Waals surface area contributed by atoms with Gasteiger partial charge in [-0.05, 0) is 14.1 Å². The van der Waals surface area contributed by atoms with Crippen LogP contribution in [0.5, 0.6) is 0 Å². The molecular weight excluding hydrogens is 150 g/mol. The van der Waals surface area contributed by atoms with Gasteiger partial charge in [-0.1, -0.05) is 0 Å². The van der Waals surface area contributed by atoms with E-state index < -0.39 is 0 Å². The standard InChI is InChI=1S/C9H21N3/c1-10(2)6-8-12(5)9-7-11(3)4/h6,8H,7,9H2,1-5H3/b8-6+. The van der Waals surface area contributed by atoms with Crippen molar-refractivity contribution in [1.82, 2.24) is 14.7 Å². The fourth-order valence-corrected chi connectivity index (χ4v) is 0.679. The summed E-state index contributed by atoms with van der Waals surface area (Å²) in [4.78, 5) is 6.40. The topological polar surface area (TPSA) is 9.72 Å². The maximum Gasteiger partial charge on any atom is 0.0297 e. The Morgan fingerprint density at radius 3 is 1.83 bits per heavy atom. The van der Waals surface area contributed by atoms with Crippen molar-refractivity contribution in [3.05, 3.63) is 12.4 Å². The quantitative estimate of drug-likeness (QED) is 0.597. The van der Waals surface area contributed by atoms with Crippen LogP contribution in [0.25, 0.3) is 0 Å². The predicted octanol–water partition coefficient (Wildman–Crippen LogP) is 0.513. The van der Waals surface area contributed by atoms with Crippen molar-refractivity contribution in [2.75, 3.05) is 48.3 Å². The summed E-state index contributed by atoms with van der Waals surface area (Å²) in [5.74, 6) is 0. The van der Waals surface area contributed by atoms with Crippen LogP contribution in [-0.2, 0) is 0 Å². The maximum atomic E-state index is 2.18. The van der Waals surface area contributed by atoms with Crippen LogP contribution in [0.4, 0.5) is 0 Å². The first-order valence-electron chi connectivity index (χ1n) is 4.22. The van der Waals surface area contributed by atoms with Gasteiger partial charge >= 0.3 is 0 Å². The van der Waals surface area contributed by atoms with Gasteiger partial charge in [0.2, 0.25) is 0 Å². The normalized spacial score (nSPS) is 11.2. The molecule has 0 N–H and O–H groups in total. The van der Waals surface area contributed by atoms with E-state index in [9.17, 15) is 0 Å². The fraction of sp³-hybridized carbons (Fsp3) is 0.778. The molecule has 0 fully saturated rings. The molecule has 0 amide bonds. The largest absolute Gasteiger partial charge is 0.382 e. The molecule has 0 aromatic rings. The number of hydrogen-bond acceptors (Lipinski definition) is 3. The Morgan fingerprint density at radius 1 is 0.833 bits per heavy atom. The molecule has 0 aliphatic rings. The molecular formula is C9H21N3. The molecule has 0 saturated heterocycles. The molecule has 0 spiro atoms. The summed E-state index contributed by atoms with van der Waals surface area (Å²) in [6.07, 6.45) is 4.14. The van der Waals surface area contributed by atoms with E-state index in [4.69, 9.17) is 0 Å². The summed E-state index contributed by atoms with van der Waals surface area (Å²) in [6.45, 7) is 2.16. The van der Waals surface area contributed by atoms with E-state index >= 15 is 0 Å². The molecule has 0 bridgehead atoms. The smallest absolute Gasteiger partial charge is 0.0297 e. The Kier molecular flexibility index (Phi) is 5.54. The van der Waals surface area contributed by atoms with Gasteiger partial charge in [0, 0.05) is 46.6 Å². The summed E-state index contributed by atoms with van der Waals surface area (Å²) < 4.78 is 0. The monoisotopic (exact) mass is 171 g/mol. The lowest BCUT2D eigenvalue weighted by molar-refractivity contribution is 0.337. The van der Waals surface area contributed by atoms with Gasteiger partial charge in [0.15, 0.2) is 0 Å². The SMILES string of the molecule is CN(C)/C=C/N(C)CCN(C)C. The molecule has 0 aliphatic carbocycles. The molecule has 0 aromatic carbocycles. The molecule has 72 valence electrons. The highest BCUT2D eigenvalue weighted by molar-refractivity contribution is 4.78. The zero-order chi connectivity index (χ0) is 9.56. The van der Waals surface area contributed by atoms with Gasteiger partial charge in [0.05, 0.1) is 0 Å². The Hall–Kier alpha value is -0.700. The molecule has 0 atom stereocenters. The lowest BCUT2D eigenvalue weighted by Crippen LogP contribution is -2.25. The molecule has 12 heavy (non-hydrogen) atoms. The molecule has 0 aromatic heterocycles. The first-order valence-corrected chi connectivity index (χ1v) is 4.22. The molecule has 3 heteroatoms. The van der Waals surface area contributed by atoms with Crippen molar-refractivity contribution in [3.8, 4) is 0 Å². The van der Waals surface area contributed by atoms with Crippen molar-refractivity contribution >= 4 is 0 Å². The highest BCUT2D eigenvalue weighted by Gasteiger charge is 1.92. The lowest BCUT2D eigenvalue weighted by atomic mass is 10.5. The van der Waals surface area contributed by atoms with Crippen LogP contribution in [0, 0.1) is 0 Å². The van der Waals surface area contributed by atoms with Crippen molar-refractivity contribution in [2.45, 2.75) is 0 Å². The first-order chi connectivity index (χ1) is 5.52. The Balaban J connectivity index is 3.52. The molecule has 0 unspecified atom stereocenters. The van der Waals surface area contributed by atoms with Crippen LogP contribution < -0.4 is 0 Å². The highest BCUT2D eigenvalue weighted by atomic mass is 15.1. The lowest BCUT2D eigenvalue weighted by Gasteiger charge is -2.17. The Bertz CT molecular complexity index is 130. The van der Waals surface area contributed by atoms with Crippen LogP contribution in [0.15, 0.2) is 12.4 Å². The van der Waals surface area contributed by atoms with Crippen molar-refractivity contribution in [1.29, 1.82) is 0 Å². The third kappa shape index (κ3) is 7.41. The minimum atomic E-state index is 1.07. The van der Waals surface area contributed by atoms with Gasteiger partial charge in [0.25, 0.3) is 0 Å². The van der Waals surface area contributed by atoms with E-state index in [1.807, 2.05) is 19.0 Å². The van der Waals surface area contributed by atoms with Gasteiger partial charge in [-0.15, -0.1) is 0 Å². The number of hydrogen-bond donors (Lipinski definition) is 0. The third-order valence-electron chi connectivity index (χ3n) is 1.52. The fourth-order valence-electron chi connectivity index (χ4n) is 0.679. The van der Waals surface area contributed by atoms with Crippen molar-refractivity contribution in [2.24, 2.45) is 0 Å². The summed E-state index contributed by atoms with van der Waals surface area (Å²) in [5, 5.41) is 0. The summed E-state index contributed by atoms with van der Waals surface area (Å²) >= 11 is 0. The second-order valence-corrected chi connectivity index (χ2v) is 3.55. The second kappa shape index (κ2) is 5.89. The van der Waals surface area contributed by atoms with Gasteiger partial charge in [-0.25, -0.2) is 0 Å². The Labute approximate surface area is 76.2 Å². The average Bonchev–Trinajstić information content (AvgIpc) is 1.96. The van der Waals surface area contributed by atoms with Gasteiger partial charge in [-0.3, -0.25) is 0 Å². The van der Waals surface area contributed by atoms with Crippen LogP contribution in [0.1, 0.15) is 0 Å². The number of likely N-dealkylation sites (N-methyl/N-ethyl adjacent to an activating group) is 2. The van der Waals surface area contributed by atoms with Crippen LogP contribution in [0.2, 0.25) is 0 Å². The summed E-state index contributed by atoms with van der Waals surface area (Å²) in [6, 6.07) is 0. The second-order valence-electron chi connectivity index (χ2n) is 3.55. The molecule has 3 nitrogen and oxygen atoms in total. The summed E-state index contributed by atoms with van der Waals surface area (Å²) in [5.41, 5.74) is 0. The van der Waals surface area contributed by atoms with E-state index in [0.717, 1.165) is 13.1 Å². The minimum absolute atomic E-state index is 1.07. The van der Waals surface area contributed by atoms with Gasteiger partial charge in [-0.2, -0.15) is 0 Å². The van der Waals surface area contributed by atoms with E-state index in [1.165, 1.54) is 0 Å². The molecule has 0 saturated carbocycles. The van der Waals surface area contributed by atoms with Crippen LogP contribution in [-0.4, -0.2) is 63.0 Å². The zero-order valence-electron chi connectivity index (χ0n) is 8.91. The van der Waals surface area contributed by atoms with E-state index in [0.29, 0.717) is 0 Å². The predicted molar refractivity (Wildman–Crippen MR) is 54.0 cm³/mol. The maximum absolute atomic E-state index is 2.18. The number of nitrogens with zero attached hydrogens (tertiary/aromatic N) is 3. The van der Waals surface area contributed by atoms with E-state index in [-0.39, 0.29) is 0 Å². The summed E-state index contributed by atoms with van der Waals surface area (Å²) in [7, 11) is 10.3. The van der Waals surface area contributed by atoms with Crippen molar-refractivity contribution in [3.63, 3.8) is 0 Å². The van der Waals surface area contributed by atoms with Gasteiger partial charge in [0.1, 0.15) is 0 Å². The molecule has 0 heterocycles. The zero-order valence-corrected chi connectivity index (χ0v) is 8.91. The average molecular weight is 171 g/mol. The van der Waals surface area contributed by atoms with Gasteiger partial charge < -0.3 is 14.7 Å². The third-order valence-corrected chi connectivity index (χ3v) is 1.52. The molecule has 0 aliphatic heterocycles. The minimum Gasteiger partial charge on any atom is -0.382 e. The van der Waals surface area contributed by atoms with Crippen LogP contribution >= 0.6 is 0 Å².